The van der Waals surface area contributed by atoms with Crippen LogP contribution in [0.25, 0.3) is 79.5 Å². The lowest BCUT2D eigenvalue weighted by Gasteiger charge is -2.42. The van der Waals surface area contributed by atoms with E-state index in [1.54, 1.807) is 6.20 Å². The topological polar surface area (TPSA) is 90.2 Å². The van der Waals surface area contributed by atoms with Gasteiger partial charge in [-0.15, -0.1) is 0 Å². The number of nitrogens with zero attached hydrogens (tertiary/aromatic N) is 7. The number of rotatable bonds is 7. The third kappa shape index (κ3) is 6.09. The Hall–Kier alpha value is -8.29. The van der Waals surface area contributed by atoms with E-state index in [1.165, 1.54) is 33.4 Å². The van der Waals surface area contributed by atoms with Gasteiger partial charge in [0.15, 0.2) is 34.9 Å². The minimum absolute atomic E-state index is 0.0227. The number of benzene rings is 7. The molecule has 2 bridgehead atoms. The van der Waals surface area contributed by atoms with Crippen molar-refractivity contribution in [1.29, 1.82) is 0 Å². The zero-order valence-corrected chi connectivity index (χ0v) is 33.3. The van der Waals surface area contributed by atoms with Gasteiger partial charge in [-0.25, -0.2) is 29.9 Å². The molecule has 0 amide bonds. The lowest BCUT2D eigenvalue weighted by molar-refractivity contribution is 0.754. The van der Waals surface area contributed by atoms with Crippen molar-refractivity contribution in [3.05, 3.63) is 234 Å². The number of hydrogen-bond acceptors (Lipinski definition) is 7. The van der Waals surface area contributed by atoms with Crippen molar-refractivity contribution in [2.45, 2.75) is 11.8 Å². The lowest BCUT2D eigenvalue weighted by Crippen LogP contribution is -2.27. The molecule has 0 saturated heterocycles. The highest BCUT2D eigenvalue weighted by molar-refractivity contribution is 5.82. The van der Waals surface area contributed by atoms with Crippen LogP contribution in [0.3, 0.4) is 0 Å². The van der Waals surface area contributed by atoms with Crippen molar-refractivity contribution in [1.82, 2.24) is 34.9 Å². The van der Waals surface area contributed by atoms with E-state index in [0.717, 1.165) is 44.5 Å². The summed E-state index contributed by atoms with van der Waals surface area (Å²) >= 11 is 0. The largest absolute Gasteiger partial charge is 0.264 e. The summed E-state index contributed by atoms with van der Waals surface area (Å²) in [5, 5.41) is 0. The Morgan fingerprint density at radius 1 is 0.258 bits per heavy atom. The van der Waals surface area contributed by atoms with Crippen LogP contribution in [0.2, 0.25) is 0 Å². The summed E-state index contributed by atoms with van der Waals surface area (Å²) < 4.78 is 0. The molecule has 2 unspecified atom stereocenters. The van der Waals surface area contributed by atoms with E-state index in [0.29, 0.717) is 34.9 Å². The molecule has 62 heavy (non-hydrogen) atoms. The molecule has 3 aromatic heterocycles. The molecule has 0 saturated carbocycles. The van der Waals surface area contributed by atoms with E-state index in [4.69, 9.17) is 29.9 Å². The van der Waals surface area contributed by atoms with Gasteiger partial charge in [-0.1, -0.05) is 170 Å². The molecule has 0 spiro atoms. The van der Waals surface area contributed by atoms with Crippen LogP contribution in [0, 0.1) is 0 Å². The minimum atomic E-state index is 0.0227. The Balaban J connectivity index is 0.993. The molecule has 3 aliphatic rings. The minimum Gasteiger partial charge on any atom is -0.264 e. The summed E-state index contributed by atoms with van der Waals surface area (Å²) in [6, 6.07) is 65.1. The predicted octanol–water partition coefficient (Wildman–Crippen LogP) is 12.1. The maximum Gasteiger partial charge on any atom is 0.164 e. The SMILES string of the molecule is c1ccc(-c2nc(-c3ccccc3)nc(-c3ccc4c(c3)C3c5ccccc5C4c4cc(-c5nc(-c6ccccc6)nc(-c6ccccc6-c6cccnc6)n5)ccc43)n2)cc1. The van der Waals surface area contributed by atoms with Gasteiger partial charge in [-0.05, 0) is 57.1 Å². The van der Waals surface area contributed by atoms with Crippen LogP contribution in [0.15, 0.2) is 200 Å². The summed E-state index contributed by atoms with van der Waals surface area (Å²) in [4.78, 5) is 35.0. The Bertz CT molecular complexity index is 3240. The van der Waals surface area contributed by atoms with Crippen LogP contribution in [0.1, 0.15) is 45.2 Å². The van der Waals surface area contributed by atoms with Crippen molar-refractivity contribution in [3.63, 3.8) is 0 Å². The second-order valence-corrected chi connectivity index (χ2v) is 15.7. The molecular weight excluding hydrogens is 759 g/mol. The van der Waals surface area contributed by atoms with Crippen molar-refractivity contribution in [2.75, 3.05) is 0 Å². The van der Waals surface area contributed by atoms with Gasteiger partial charge >= 0.3 is 0 Å². The highest BCUT2D eigenvalue weighted by Gasteiger charge is 2.41. The fraction of sp³-hybridized carbons (Fsp3) is 0.0364. The molecule has 10 aromatic rings. The van der Waals surface area contributed by atoms with Gasteiger partial charge in [-0.3, -0.25) is 4.98 Å². The molecule has 2 atom stereocenters. The Kier molecular flexibility index (Phi) is 8.49. The van der Waals surface area contributed by atoms with E-state index in [-0.39, 0.29) is 11.8 Å². The number of hydrogen-bond donors (Lipinski definition) is 0. The molecule has 0 radical (unpaired) electrons. The highest BCUT2D eigenvalue weighted by Crippen LogP contribution is 2.56. The first kappa shape index (κ1) is 35.6. The summed E-state index contributed by atoms with van der Waals surface area (Å²) in [5.74, 6) is 3.85. The average molecular weight is 794 g/mol. The van der Waals surface area contributed by atoms with Crippen LogP contribution in [0.5, 0.6) is 0 Å². The van der Waals surface area contributed by atoms with Crippen LogP contribution in [-0.4, -0.2) is 34.9 Å². The molecule has 0 aliphatic heterocycles. The standard InChI is InChI=1S/C55H35N7/c1-4-15-34(16-5-1)50-57-51(35-17-6-2-7-18-35)59-53(58-50)37-26-28-43-46(31-37)48-41-23-11-12-24-42(41)49(43)47-32-38(27-29-44(47)48)54-60-52(36-19-8-3-9-20-36)61-55(62-54)45-25-13-10-22-40(45)39-21-14-30-56-33-39/h1-33,48-49H. The molecule has 3 heterocycles. The second kappa shape index (κ2) is 14.8. The average Bonchev–Trinajstić information content (AvgIpc) is 3.36. The molecule has 0 N–H and O–H groups in total. The first-order chi connectivity index (χ1) is 30.7. The van der Waals surface area contributed by atoms with Gasteiger partial charge < -0.3 is 0 Å². The smallest absolute Gasteiger partial charge is 0.164 e. The van der Waals surface area contributed by atoms with Crippen LogP contribution >= 0.6 is 0 Å². The highest BCUT2D eigenvalue weighted by atomic mass is 15.0. The van der Waals surface area contributed by atoms with E-state index < -0.39 is 0 Å². The number of pyridine rings is 1. The second-order valence-electron chi connectivity index (χ2n) is 15.7. The van der Waals surface area contributed by atoms with Crippen LogP contribution < -0.4 is 0 Å². The van der Waals surface area contributed by atoms with Crippen molar-refractivity contribution in [2.24, 2.45) is 0 Å². The molecule has 290 valence electrons. The summed E-state index contributed by atoms with van der Waals surface area (Å²) in [6.45, 7) is 0. The van der Waals surface area contributed by atoms with Gasteiger partial charge in [0.25, 0.3) is 0 Å². The first-order valence-electron chi connectivity index (χ1n) is 20.8. The molecule has 7 aromatic carbocycles. The summed E-state index contributed by atoms with van der Waals surface area (Å²) in [7, 11) is 0. The molecular formula is C55H35N7. The quantitative estimate of drug-likeness (QED) is 0.159. The predicted molar refractivity (Wildman–Crippen MR) is 244 cm³/mol. The molecule has 3 aliphatic carbocycles. The Labute approximate surface area is 358 Å². The summed E-state index contributed by atoms with van der Waals surface area (Å²) in [5.41, 5.74) is 15.4. The van der Waals surface area contributed by atoms with E-state index in [1.807, 2.05) is 115 Å². The fourth-order valence-electron chi connectivity index (χ4n) is 9.23. The van der Waals surface area contributed by atoms with Gasteiger partial charge in [0.05, 0.1) is 0 Å². The molecule has 7 nitrogen and oxygen atoms in total. The van der Waals surface area contributed by atoms with Crippen molar-refractivity contribution in [3.8, 4) is 79.5 Å². The maximum atomic E-state index is 5.23. The Morgan fingerprint density at radius 2 is 0.629 bits per heavy atom. The molecule has 13 rings (SSSR count). The lowest BCUT2D eigenvalue weighted by atomic mass is 9.61. The first-order valence-corrected chi connectivity index (χ1v) is 20.8. The van der Waals surface area contributed by atoms with Gasteiger partial charge in [0, 0.05) is 63.2 Å². The zero-order chi connectivity index (χ0) is 41.0. The number of aromatic nitrogens is 7. The van der Waals surface area contributed by atoms with E-state index in [9.17, 15) is 0 Å². The Morgan fingerprint density at radius 3 is 1.08 bits per heavy atom. The van der Waals surface area contributed by atoms with Crippen molar-refractivity contribution < 1.29 is 0 Å². The molecule has 0 fully saturated rings. The normalized spacial score (nSPS) is 14.5. The summed E-state index contributed by atoms with van der Waals surface area (Å²) in [6.07, 6.45) is 3.67. The van der Waals surface area contributed by atoms with E-state index in [2.05, 4.69) is 83.8 Å². The van der Waals surface area contributed by atoms with Gasteiger partial charge in [0.1, 0.15) is 0 Å². The monoisotopic (exact) mass is 793 g/mol. The zero-order valence-electron chi connectivity index (χ0n) is 33.3. The van der Waals surface area contributed by atoms with Gasteiger partial charge in [-0.2, -0.15) is 0 Å². The third-order valence-corrected chi connectivity index (χ3v) is 12.1. The molecule has 7 heteroatoms. The van der Waals surface area contributed by atoms with E-state index >= 15 is 0 Å². The van der Waals surface area contributed by atoms with Crippen LogP contribution in [0.4, 0.5) is 0 Å². The fourth-order valence-corrected chi connectivity index (χ4v) is 9.23. The van der Waals surface area contributed by atoms with Crippen LogP contribution in [-0.2, 0) is 0 Å². The van der Waals surface area contributed by atoms with Gasteiger partial charge in [0.2, 0.25) is 0 Å². The maximum absolute atomic E-state index is 5.23. The third-order valence-electron chi connectivity index (χ3n) is 12.1. The van der Waals surface area contributed by atoms with Crippen molar-refractivity contribution >= 4 is 0 Å².